The van der Waals surface area contributed by atoms with Gasteiger partial charge in [0.05, 0.1) is 17.3 Å². The van der Waals surface area contributed by atoms with Crippen LogP contribution in [-0.2, 0) is 33.6 Å². The van der Waals surface area contributed by atoms with Crippen LogP contribution in [0.3, 0.4) is 0 Å². The lowest BCUT2D eigenvalue weighted by molar-refractivity contribution is -0.141. The number of Topliss-reactive ketones (excluding diaryl/α,β-unsaturated/α-hetero) is 2. The van der Waals surface area contributed by atoms with Gasteiger partial charge in [-0.05, 0) is 99.9 Å². The first kappa shape index (κ1) is 50.1. The average molecular weight is 987 g/mol. The highest BCUT2D eigenvalue weighted by molar-refractivity contribution is 6.74. The summed E-state index contributed by atoms with van der Waals surface area (Å²) in [4.78, 5) is 52.7. The third-order valence-electron chi connectivity index (χ3n) is 15.6. The van der Waals surface area contributed by atoms with Crippen LogP contribution in [0.1, 0.15) is 110 Å². The van der Waals surface area contributed by atoms with Crippen molar-refractivity contribution in [2.75, 3.05) is 38.1 Å². The SMILES string of the molecule is C=CCN(CC=C)[C@@H]1c2onc(OCc3ccccc3)c2C(=O)[C@@]2(O[Si](C)(C)C(C)(C)C)C(=O)C3=C(O)c4c(c(F)c5c(c4OCc4ccccc4)N(C(=O)OC(C)(C)C)CC4CCN(C)C54)C[C@H]3C[C@@H]12. The number of aliphatic hydroxyl groups excluding tert-OH is 1. The van der Waals surface area contributed by atoms with Crippen LogP contribution in [0.4, 0.5) is 14.9 Å². The van der Waals surface area contributed by atoms with Gasteiger partial charge >= 0.3 is 6.09 Å². The second kappa shape index (κ2) is 18.6. The van der Waals surface area contributed by atoms with E-state index in [2.05, 4.69) is 23.2 Å². The smallest absolute Gasteiger partial charge is 0.414 e. The Hall–Kier alpha value is -5.87. The lowest BCUT2D eigenvalue weighted by Gasteiger charge is -2.55. The maximum Gasteiger partial charge on any atom is 0.414 e. The summed E-state index contributed by atoms with van der Waals surface area (Å²) in [6.07, 6.45) is 3.58. The predicted molar refractivity (Wildman–Crippen MR) is 271 cm³/mol. The Labute approximate surface area is 417 Å². The van der Waals surface area contributed by atoms with Crippen molar-refractivity contribution in [2.24, 2.45) is 17.8 Å². The second-order valence-corrected chi connectivity index (χ2v) is 27.1. The molecule has 0 bridgehead atoms. The van der Waals surface area contributed by atoms with E-state index in [9.17, 15) is 9.90 Å². The van der Waals surface area contributed by atoms with E-state index in [1.165, 1.54) is 4.90 Å². The number of ether oxygens (including phenoxy) is 3. The normalized spacial score (nSPS) is 24.1. The van der Waals surface area contributed by atoms with Gasteiger partial charge in [0.25, 0.3) is 5.88 Å². The van der Waals surface area contributed by atoms with Gasteiger partial charge in [0, 0.05) is 48.3 Å². The zero-order valence-corrected chi connectivity index (χ0v) is 43.5. The molecule has 2 unspecified atom stereocenters. The Morgan fingerprint density at radius 2 is 1.58 bits per heavy atom. The van der Waals surface area contributed by atoms with Crippen LogP contribution >= 0.6 is 0 Å². The van der Waals surface area contributed by atoms with Gasteiger partial charge in [0.2, 0.25) is 11.6 Å². The number of hydrogen-bond donors (Lipinski definition) is 1. The van der Waals surface area contributed by atoms with Gasteiger partial charge in [-0.3, -0.25) is 24.3 Å². The Bertz CT molecular complexity index is 2790. The molecule has 3 aromatic carbocycles. The van der Waals surface area contributed by atoms with Gasteiger partial charge in [0.1, 0.15) is 36.0 Å². The van der Waals surface area contributed by atoms with Gasteiger partial charge in [-0.1, -0.05) is 93.6 Å². The quantitative estimate of drug-likeness (QED) is 0.0773. The molecular formula is C56H67FN4O9Si. The van der Waals surface area contributed by atoms with Crippen LogP contribution in [0.5, 0.6) is 11.6 Å². The molecule has 9 rings (SSSR count). The summed E-state index contributed by atoms with van der Waals surface area (Å²) in [6, 6.07) is 17.6. The molecule has 15 heteroatoms. The fraction of sp³-hybridized carbons (Fsp3) is 0.464. The summed E-state index contributed by atoms with van der Waals surface area (Å²) in [6.45, 7) is 25.0. The van der Waals surface area contributed by atoms with Crippen molar-refractivity contribution in [1.82, 2.24) is 15.0 Å². The third-order valence-corrected chi connectivity index (χ3v) is 20.0. The molecule has 376 valence electrons. The van der Waals surface area contributed by atoms with E-state index in [1.54, 1.807) is 32.9 Å². The van der Waals surface area contributed by atoms with Gasteiger partial charge in [-0.15, -0.1) is 13.2 Å². The summed E-state index contributed by atoms with van der Waals surface area (Å²) >= 11 is 0. The molecule has 1 N–H and O–H groups in total. The predicted octanol–water partition coefficient (Wildman–Crippen LogP) is 11.1. The number of anilines is 1. The van der Waals surface area contributed by atoms with E-state index < -0.39 is 77.7 Å². The molecule has 3 heterocycles. The van der Waals surface area contributed by atoms with E-state index in [0.717, 1.165) is 11.1 Å². The molecule has 1 saturated carbocycles. The van der Waals surface area contributed by atoms with Crippen LogP contribution < -0.4 is 14.4 Å². The number of nitrogens with zero attached hydrogens (tertiary/aromatic N) is 4. The van der Waals surface area contributed by atoms with Crippen molar-refractivity contribution < 1.29 is 47.0 Å². The fourth-order valence-electron chi connectivity index (χ4n) is 11.4. The monoisotopic (exact) mass is 986 g/mol. The molecule has 3 aliphatic carbocycles. The Balaban J connectivity index is 1.30. The number of amides is 1. The van der Waals surface area contributed by atoms with Crippen LogP contribution in [0.2, 0.25) is 18.1 Å². The summed E-state index contributed by atoms with van der Waals surface area (Å²) in [5, 5.41) is 17.1. The van der Waals surface area contributed by atoms with Crippen LogP contribution in [-0.4, -0.2) is 90.5 Å². The van der Waals surface area contributed by atoms with Crippen LogP contribution in [0.25, 0.3) is 5.76 Å². The number of carbonyl (C=O) groups is 3. The number of likely N-dealkylation sites (tertiary alicyclic amines) is 1. The van der Waals surface area contributed by atoms with Crippen molar-refractivity contribution >= 4 is 37.4 Å². The molecule has 2 aliphatic heterocycles. The molecule has 2 fully saturated rings. The number of carbonyl (C=O) groups excluding carboxylic acids is 3. The van der Waals surface area contributed by atoms with E-state index in [0.29, 0.717) is 26.1 Å². The van der Waals surface area contributed by atoms with Gasteiger partial charge in [0.15, 0.2) is 25.4 Å². The van der Waals surface area contributed by atoms with E-state index in [-0.39, 0.29) is 89.4 Å². The number of aliphatic hydroxyl groups is 1. The second-order valence-electron chi connectivity index (χ2n) is 22.3. The standard InChI is InChI=1S/C56H67FN4O9Si/c1-12-25-60(26-13-2)45-38-29-36-28-37-40(48(66-31-33-20-16-14-17-21-33)46-41(43(37)57)44-35(24-27-59(44)9)30-61(46)53(65)68-54(3,4)5)47(62)39(36)50(63)56(38,70-71(10,11)55(6,7)8)51(64)42-49(45)69-58-52(42)67-32-34-22-18-15-19-23-34/h12-23,35-36,38,44-45,62H,1-2,24-32H2,3-11H3/t35?,36-,38-,44?,45-,56-/m0/s1. The first-order chi connectivity index (χ1) is 33.6. The highest BCUT2D eigenvalue weighted by atomic mass is 28.4. The van der Waals surface area contributed by atoms with Gasteiger partial charge in [-0.25, -0.2) is 9.18 Å². The molecule has 4 aromatic rings. The molecule has 0 radical (unpaired) electrons. The minimum absolute atomic E-state index is 0.0113. The summed E-state index contributed by atoms with van der Waals surface area (Å²) in [5.74, 6) is -4.19. The number of aromatic nitrogens is 1. The molecule has 1 aromatic heterocycles. The molecule has 1 amide bonds. The fourth-order valence-corrected chi connectivity index (χ4v) is 12.8. The molecule has 13 nitrogen and oxygen atoms in total. The maximum atomic E-state index is 18.4. The zero-order valence-electron chi connectivity index (χ0n) is 42.5. The van der Waals surface area contributed by atoms with Gasteiger partial charge < -0.3 is 28.3 Å². The minimum atomic E-state index is -3.13. The highest BCUT2D eigenvalue weighted by Crippen LogP contribution is 2.62. The number of rotatable bonds is 13. The third kappa shape index (κ3) is 8.55. The Morgan fingerprint density at radius 3 is 2.17 bits per heavy atom. The Kier molecular flexibility index (Phi) is 13.1. The Morgan fingerprint density at radius 1 is 0.958 bits per heavy atom. The van der Waals surface area contributed by atoms with Crippen molar-refractivity contribution in [3.63, 3.8) is 0 Å². The van der Waals surface area contributed by atoms with E-state index >= 15 is 14.0 Å². The highest BCUT2D eigenvalue weighted by Gasteiger charge is 2.69. The number of halogens is 1. The summed E-state index contributed by atoms with van der Waals surface area (Å²) in [5.41, 5.74) is -1.06. The zero-order chi connectivity index (χ0) is 50.9. The molecule has 6 atom stereocenters. The van der Waals surface area contributed by atoms with Crippen molar-refractivity contribution in [3.05, 3.63) is 137 Å². The van der Waals surface area contributed by atoms with Crippen molar-refractivity contribution in [3.8, 4) is 11.6 Å². The maximum absolute atomic E-state index is 18.4. The molecule has 5 aliphatic rings. The molecule has 0 spiro atoms. The molecule has 1 saturated heterocycles. The lowest BCUT2D eigenvalue weighted by Crippen LogP contribution is -2.68. The largest absolute Gasteiger partial charge is 0.507 e. The lowest BCUT2D eigenvalue weighted by atomic mass is 9.57. The van der Waals surface area contributed by atoms with Crippen molar-refractivity contribution in [2.45, 2.75) is 115 Å². The molecular weight excluding hydrogens is 920 g/mol. The van der Waals surface area contributed by atoms with Crippen LogP contribution in [0, 0.1) is 23.6 Å². The van der Waals surface area contributed by atoms with Crippen molar-refractivity contribution in [1.29, 1.82) is 0 Å². The van der Waals surface area contributed by atoms with E-state index in [1.807, 2.05) is 106 Å². The first-order valence-electron chi connectivity index (χ1n) is 24.7. The first-order valence-corrected chi connectivity index (χ1v) is 27.6. The average Bonchev–Trinajstić information content (AvgIpc) is 3.91. The number of benzene rings is 3. The van der Waals surface area contributed by atoms with Crippen LogP contribution in [0.15, 0.2) is 96.1 Å². The van der Waals surface area contributed by atoms with E-state index in [4.69, 9.17) is 23.2 Å². The number of fused-ring (bicyclic) bond motifs is 7. The van der Waals surface area contributed by atoms with Gasteiger partial charge in [-0.2, -0.15) is 0 Å². The number of hydrogen-bond acceptors (Lipinski definition) is 12. The topological polar surface area (TPSA) is 144 Å². The summed E-state index contributed by atoms with van der Waals surface area (Å²) in [7, 11) is -1.18. The number of ketones is 2. The minimum Gasteiger partial charge on any atom is -0.507 e. The molecule has 71 heavy (non-hydrogen) atoms. The summed E-state index contributed by atoms with van der Waals surface area (Å²) < 4.78 is 51.2.